The number of rotatable bonds is 3. The summed E-state index contributed by atoms with van der Waals surface area (Å²) in [7, 11) is 0. The van der Waals surface area contributed by atoms with E-state index in [9.17, 15) is 0 Å². The minimum atomic E-state index is 0.717. The molecule has 0 saturated carbocycles. The number of halogens is 1. The fraction of sp³-hybridized carbons (Fsp3) is 0.200. The van der Waals surface area contributed by atoms with Gasteiger partial charge in [0.25, 0.3) is 0 Å². The third kappa shape index (κ3) is 2.62. The average molecular weight is 213 g/mol. The summed E-state index contributed by atoms with van der Waals surface area (Å²) >= 11 is 8.04. The zero-order chi connectivity index (χ0) is 8.27. The molecule has 6 heteroatoms. The highest BCUT2D eigenvalue weighted by Crippen LogP contribution is 2.34. The van der Waals surface area contributed by atoms with Crippen LogP contribution in [0.15, 0.2) is 10.3 Å². The van der Waals surface area contributed by atoms with Crippen molar-refractivity contribution >= 4 is 35.0 Å². The molecular weight excluding hydrogens is 208 g/mol. The summed E-state index contributed by atoms with van der Waals surface area (Å²) in [5.74, 6) is 0. The Morgan fingerprint density at radius 2 is 2.45 bits per heavy atom. The molecule has 1 rings (SSSR count). The Kier molecular flexibility index (Phi) is 3.64. The van der Waals surface area contributed by atoms with Gasteiger partial charge in [-0.05, 0) is 18.6 Å². The third-order valence-corrected chi connectivity index (χ3v) is 3.20. The molecule has 62 valence electrons. The standard InChI is InChI=1S/C5H5ClO3S2/c1-3-2-4(10-5(3)6)11-9-8-7/h2,7H,1H3. The van der Waals surface area contributed by atoms with Gasteiger partial charge < -0.3 is 0 Å². The van der Waals surface area contributed by atoms with E-state index < -0.39 is 0 Å². The lowest BCUT2D eigenvalue weighted by Crippen LogP contribution is -1.74. The van der Waals surface area contributed by atoms with Gasteiger partial charge in [-0.15, -0.1) is 15.7 Å². The molecule has 0 amide bonds. The van der Waals surface area contributed by atoms with Crippen LogP contribution in [0.5, 0.6) is 0 Å². The first kappa shape index (κ1) is 9.31. The minimum absolute atomic E-state index is 0.717. The number of hydrogen-bond acceptors (Lipinski definition) is 5. The lowest BCUT2D eigenvalue weighted by atomic mass is 10.4. The summed E-state index contributed by atoms with van der Waals surface area (Å²) in [6.45, 7) is 1.89. The molecule has 0 spiro atoms. The molecule has 1 heterocycles. The first-order chi connectivity index (χ1) is 5.24. The molecular formula is C5H5ClO3S2. The van der Waals surface area contributed by atoms with Gasteiger partial charge in [0.2, 0.25) is 0 Å². The van der Waals surface area contributed by atoms with Crippen molar-refractivity contribution in [3.63, 3.8) is 0 Å². The van der Waals surface area contributed by atoms with Crippen molar-refractivity contribution in [2.75, 3.05) is 0 Å². The Morgan fingerprint density at radius 3 is 2.91 bits per heavy atom. The van der Waals surface area contributed by atoms with Crippen LogP contribution < -0.4 is 0 Å². The van der Waals surface area contributed by atoms with Gasteiger partial charge in [0.1, 0.15) is 0 Å². The van der Waals surface area contributed by atoms with E-state index in [0.29, 0.717) is 4.34 Å². The van der Waals surface area contributed by atoms with Crippen molar-refractivity contribution in [2.45, 2.75) is 11.1 Å². The zero-order valence-corrected chi connectivity index (χ0v) is 7.92. The quantitative estimate of drug-likeness (QED) is 0.475. The molecule has 3 nitrogen and oxygen atoms in total. The van der Waals surface area contributed by atoms with Gasteiger partial charge in [0.15, 0.2) is 0 Å². The molecule has 1 aromatic rings. The zero-order valence-electron chi connectivity index (χ0n) is 5.54. The van der Waals surface area contributed by atoms with Crippen molar-refractivity contribution in [3.8, 4) is 0 Å². The first-order valence-electron chi connectivity index (χ1n) is 2.64. The molecule has 0 aliphatic heterocycles. The third-order valence-electron chi connectivity index (χ3n) is 0.981. The lowest BCUT2D eigenvalue weighted by Gasteiger charge is -1.89. The fourth-order valence-electron chi connectivity index (χ4n) is 0.522. The van der Waals surface area contributed by atoms with Crippen molar-refractivity contribution in [1.82, 2.24) is 0 Å². The highest BCUT2D eigenvalue weighted by atomic mass is 35.5. The topological polar surface area (TPSA) is 38.7 Å². The average Bonchev–Trinajstić information content (AvgIpc) is 2.28. The highest BCUT2D eigenvalue weighted by molar-refractivity contribution is 7.96. The Balaban J connectivity index is 2.58. The van der Waals surface area contributed by atoms with Gasteiger partial charge >= 0.3 is 0 Å². The van der Waals surface area contributed by atoms with Crippen molar-refractivity contribution in [3.05, 3.63) is 16.0 Å². The lowest BCUT2D eigenvalue weighted by molar-refractivity contribution is -0.432. The highest BCUT2D eigenvalue weighted by Gasteiger charge is 2.04. The summed E-state index contributed by atoms with van der Waals surface area (Å²) in [5, 5.41) is 11.3. The summed E-state index contributed by atoms with van der Waals surface area (Å²) in [6, 6.07) is 1.84. The van der Waals surface area contributed by atoms with E-state index in [-0.39, 0.29) is 0 Å². The second kappa shape index (κ2) is 4.30. The Bertz CT molecular complexity index is 218. The maximum absolute atomic E-state index is 7.83. The SMILES string of the molecule is Cc1cc(SOOO)sc1Cl. The van der Waals surface area contributed by atoms with Gasteiger partial charge in [-0.1, -0.05) is 16.6 Å². The second-order valence-corrected chi connectivity index (χ2v) is 4.40. The molecule has 0 aromatic carbocycles. The predicted molar refractivity (Wildman–Crippen MR) is 44.7 cm³/mol. The monoisotopic (exact) mass is 212 g/mol. The fourth-order valence-corrected chi connectivity index (χ4v) is 2.39. The van der Waals surface area contributed by atoms with Crippen LogP contribution in [0.4, 0.5) is 0 Å². The van der Waals surface area contributed by atoms with Gasteiger partial charge in [-0.3, -0.25) is 0 Å². The van der Waals surface area contributed by atoms with Crippen LogP contribution in [0.25, 0.3) is 0 Å². The molecule has 0 atom stereocenters. The van der Waals surface area contributed by atoms with E-state index in [0.717, 1.165) is 21.8 Å². The number of aryl methyl sites for hydroxylation is 1. The van der Waals surface area contributed by atoms with Gasteiger partial charge in [0.05, 0.1) is 20.6 Å². The van der Waals surface area contributed by atoms with Gasteiger partial charge in [-0.25, -0.2) is 5.26 Å². The smallest absolute Gasteiger partial charge is 0.0970 e. The largest absolute Gasteiger partial charge is 0.220 e. The van der Waals surface area contributed by atoms with Gasteiger partial charge in [-0.2, -0.15) is 0 Å². The molecule has 0 aliphatic rings. The second-order valence-electron chi connectivity index (χ2n) is 1.75. The molecule has 0 bridgehead atoms. The van der Waals surface area contributed by atoms with Crippen molar-refractivity contribution in [2.24, 2.45) is 0 Å². The van der Waals surface area contributed by atoms with E-state index >= 15 is 0 Å². The summed E-state index contributed by atoms with van der Waals surface area (Å²) < 4.78 is 5.76. The van der Waals surface area contributed by atoms with E-state index in [1.165, 1.54) is 11.3 Å². The Labute approximate surface area is 77.0 Å². The minimum Gasteiger partial charge on any atom is -0.220 e. The van der Waals surface area contributed by atoms with Gasteiger partial charge in [0, 0.05) is 0 Å². The van der Waals surface area contributed by atoms with E-state index in [4.69, 9.17) is 16.9 Å². The number of hydrogen-bond donors (Lipinski definition) is 1. The first-order valence-corrected chi connectivity index (χ1v) is 4.58. The van der Waals surface area contributed by atoms with Crippen molar-refractivity contribution < 1.29 is 14.6 Å². The Hall–Kier alpha value is 0.220. The van der Waals surface area contributed by atoms with Crippen LogP contribution in [-0.2, 0) is 9.37 Å². The van der Waals surface area contributed by atoms with Crippen LogP contribution in [0.1, 0.15) is 5.56 Å². The molecule has 11 heavy (non-hydrogen) atoms. The maximum Gasteiger partial charge on any atom is 0.0970 e. The molecule has 0 aliphatic carbocycles. The molecule has 0 unspecified atom stereocenters. The molecule has 1 N–H and O–H groups in total. The molecule has 0 saturated heterocycles. The molecule has 0 fully saturated rings. The summed E-state index contributed by atoms with van der Waals surface area (Å²) in [5.41, 5.74) is 0.987. The Morgan fingerprint density at radius 1 is 1.73 bits per heavy atom. The summed E-state index contributed by atoms with van der Waals surface area (Å²) in [6.07, 6.45) is 0. The predicted octanol–water partition coefficient (Wildman–Crippen LogP) is 3.14. The summed E-state index contributed by atoms with van der Waals surface area (Å²) in [4.78, 5) is 0. The van der Waals surface area contributed by atoms with E-state index in [2.05, 4.69) is 9.37 Å². The van der Waals surface area contributed by atoms with Crippen LogP contribution in [0.3, 0.4) is 0 Å². The number of thiophene rings is 1. The van der Waals surface area contributed by atoms with E-state index in [1.54, 1.807) is 0 Å². The van der Waals surface area contributed by atoms with Crippen LogP contribution in [0.2, 0.25) is 4.34 Å². The molecule has 1 aromatic heterocycles. The van der Waals surface area contributed by atoms with Crippen molar-refractivity contribution in [1.29, 1.82) is 0 Å². The van der Waals surface area contributed by atoms with E-state index in [1.807, 2.05) is 13.0 Å². The van der Waals surface area contributed by atoms with Crippen LogP contribution in [0, 0.1) is 6.92 Å². The van der Waals surface area contributed by atoms with Crippen LogP contribution in [-0.4, -0.2) is 5.26 Å². The normalized spacial score (nSPS) is 10.5. The van der Waals surface area contributed by atoms with Crippen LogP contribution >= 0.6 is 35.0 Å². The maximum atomic E-state index is 7.83. The molecule has 0 radical (unpaired) electrons.